The van der Waals surface area contributed by atoms with Gasteiger partial charge < -0.3 is 0 Å². The predicted molar refractivity (Wildman–Crippen MR) is 49.6 cm³/mol. The van der Waals surface area contributed by atoms with Crippen molar-refractivity contribution in [3.63, 3.8) is 0 Å². The van der Waals surface area contributed by atoms with Gasteiger partial charge in [0.15, 0.2) is 5.82 Å². The van der Waals surface area contributed by atoms with E-state index < -0.39 is 17.9 Å². The molecule has 12 heavy (non-hydrogen) atoms. The van der Waals surface area contributed by atoms with Crippen LogP contribution in [-0.4, -0.2) is 4.98 Å². The van der Waals surface area contributed by atoms with Crippen LogP contribution < -0.4 is 0 Å². The maximum absolute atomic E-state index is 12.7. The summed E-state index contributed by atoms with van der Waals surface area (Å²) >= 11 is 4.73. The Morgan fingerprint density at radius 2 is 2.08 bits per heavy atom. The third-order valence-electron chi connectivity index (χ3n) is 1.12. The van der Waals surface area contributed by atoms with E-state index in [-0.39, 0.29) is 4.60 Å². The maximum Gasteiger partial charge on any atom is 0.283 e. The first kappa shape index (κ1) is 10.2. The number of hydrogen-bond acceptors (Lipinski definition) is 1. The molecule has 0 radical (unpaired) electrons. The van der Waals surface area contributed by atoms with Crippen LogP contribution in [0.4, 0.5) is 13.2 Å². The summed E-state index contributed by atoms with van der Waals surface area (Å²) in [6.07, 6.45) is -2.88. The second kappa shape index (κ2) is 3.91. The zero-order valence-corrected chi connectivity index (χ0v) is 9.24. The predicted octanol–water partition coefficient (Wildman–Crippen LogP) is 3.53. The molecule has 1 rings (SSSR count). The summed E-state index contributed by atoms with van der Waals surface area (Å²) in [6.45, 7) is 0. The molecule has 0 aliphatic rings. The molecule has 6 heteroatoms. The van der Waals surface area contributed by atoms with Crippen molar-refractivity contribution in [3.05, 3.63) is 25.8 Å². The minimum absolute atomic E-state index is 0.236. The molecule has 0 aliphatic carbocycles. The van der Waals surface area contributed by atoms with Gasteiger partial charge in [-0.1, -0.05) is 0 Å². The molecule has 1 aromatic heterocycles. The smallest absolute Gasteiger partial charge is 0.236 e. The lowest BCUT2D eigenvalue weighted by molar-refractivity contribution is 0.140. The van der Waals surface area contributed by atoms with Crippen LogP contribution in [0, 0.1) is 9.39 Å². The van der Waals surface area contributed by atoms with Gasteiger partial charge >= 0.3 is 0 Å². The molecule has 0 aromatic carbocycles. The van der Waals surface area contributed by atoms with Crippen molar-refractivity contribution in [2.75, 3.05) is 0 Å². The first-order chi connectivity index (χ1) is 5.52. The van der Waals surface area contributed by atoms with E-state index >= 15 is 0 Å². The highest BCUT2D eigenvalue weighted by molar-refractivity contribution is 14.1. The normalized spacial score (nSPS) is 10.8. The third-order valence-corrected chi connectivity index (χ3v) is 3.29. The molecule has 0 saturated carbocycles. The standard InChI is InChI=1S/C6H2BrF3IN/c7-5-3(11)1-2(8)4(12-5)6(9)10/h1,6H. The highest BCUT2D eigenvalue weighted by Crippen LogP contribution is 2.25. The van der Waals surface area contributed by atoms with E-state index in [1.807, 2.05) is 0 Å². The van der Waals surface area contributed by atoms with Crippen LogP contribution in [0.3, 0.4) is 0 Å². The van der Waals surface area contributed by atoms with Crippen LogP contribution in [-0.2, 0) is 0 Å². The number of nitrogens with zero attached hydrogens (tertiary/aromatic N) is 1. The Morgan fingerprint density at radius 3 is 2.58 bits per heavy atom. The zero-order chi connectivity index (χ0) is 9.30. The maximum atomic E-state index is 12.7. The van der Waals surface area contributed by atoms with E-state index in [9.17, 15) is 13.2 Å². The van der Waals surface area contributed by atoms with Crippen LogP contribution in [0.25, 0.3) is 0 Å². The molecule has 0 N–H and O–H groups in total. The van der Waals surface area contributed by atoms with Gasteiger partial charge in [0.2, 0.25) is 0 Å². The number of alkyl halides is 2. The van der Waals surface area contributed by atoms with E-state index in [1.165, 1.54) is 0 Å². The third kappa shape index (κ3) is 2.09. The SMILES string of the molecule is Fc1cc(I)c(Br)nc1C(F)F. The van der Waals surface area contributed by atoms with Crippen LogP contribution in [0.5, 0.6) is 0 Å². The van der Waals surface area contributed by atoms with Crippen molar-refractivity contribution in [2.24, 2.45) is 0 Å². The van der Waals surface area contributed by atoms with Gasteiger partial charge in [-0.15, -0.1) is 0 Å². The van der Waals surface area contributed by atoms with Crippen molar-refractivity contribution in [1.82, 2.24) is 4.98 Å². The number of pyridine rings is 1. The molecule has 0 bridgehead atoms. The second-order valence-corrected chi connectivity index (χ2v) is 3.84. The average Bonchev–Trinajstić information content (AvgIpc) is 1.96. The summed E-state index contributed by atoms with van der Waals surface area (Å²) in [5, 5.41) is 0. The minimum Gasteiger partial charge on any atom is -0.236 e. The van der Waals surface area contributed by atoms with Gasteiger partial charge in [-0.2, -0.15) is 0 Å². The van der Waals surface area contributed by atoms with Crippen molar-refractivity contribution in [3.8, 4) is 0 Å². The number of halogens is 5. The molecule has 1 heterocycles. The highest BCUT2D eigenvalue weighted by Gasteiger charge is 2.16. The van der Waals surface area contributed by atoms with Crippen molar-refractivity contribution in [2.45, 2.75) is 6.43 Å². The van der Waals surface area contributed by atoms with Gasteiger partial charge in [-0.25, -0.2) is 18.2 Å². The van der Waals surface area contributed by atoms with E-state index in [2.05, 4.69) is 20.9 Å². The monoisotopic (exact) mass is 351 g/mol. The van der Waals surface area contributed by atoms with Gasteiger partial charge in [0, 0.05) is 3.57 Å². The number of aromatic nitrogens is 1. The fraction of sp³-hybridized carbons (Fsp3) is 0.167. The summed E-state index contributed by atoms with van der Waals surface area (Å²) in [5.74, 6) is -0.974. The van der Waals surface area contributed by atoms with Crippen LogP contribution >= 0.6 is 38.5 Å². The van der Waals surface area contributed by atoms with Gasteiger partial charge in [-0.3, -0.25) is 0 Å². The minimum atomic E-state index is -2.88. The lowest BCUT2D eigenvalue weighted by Crippen LogP contribution is -1.97. The molecular formula is C6H2BrF3IN. The molecule has 1 aromatic rings. The molecular weight excluding hydrogens is 350 g/mol. The summed E-state index contributed by atoms with van der Waals surface area (Å²) in [4.78, 5) is 3.36. The van der Waals surface area contributed by atoms with E-state index in [4.69, 9.17) is 0 Å². The van der Waals surface area contributed by atoms with Gasteiger partial charge in [0.25, 0.3) is 6.43 Å². The van der Waals surface area contributed by atoms with Crippen LogP contribution in [0.2, 0.25) is 0 Å². The lowest BCUT2D eigenvalue weighted by Gasteiger charge is -2.02. The summed E-state index contributed by atoms with van der Waals surface area (Å²) in [7, 11) is 0. The van der Waals surface area contributed by atoms with Gasteiger partial charge in [-0.05, 0) is 44.6 Å². The Hall–Kier alpha value is 0.150. The fourth-order valence-electron chi connectivity index (χ4n) is 0.610. The topological polar surface area (TPSA) is 12.9 Å². The Labute approximate surface area is 88.6 Å². The first-order valence-electron chi connectivity index (χ1n) is 2.82. The Kier molecular flexibility index (Phi) is 3.33. The number of hydrogen-bond donors (Lipinski definition) is 0. The molecule has 1 nitrogen and oxygen atoms in total. The van der Waals surface area contributed by atoms with E-state index in [0.717, 1.165) is 6.07 Å². The summed E-state index contributed by atoms with van der Waals surface area (Å²) in [5.41, 5.74) is -0.817. The molecule has 0 spiro atoms. The van der Waals surface area contributed by atoms with Gasteiger partial charge in [0.1, 0.15) is 10.3 Å². The van der Waals surface area contributed by atoms with Crippen molar-refractivity contribution >= 4 is 38.5 Å². The second-order valence-electron chi connectivity index (χ2n) is 1.93. The molecule has 0 saturated heterocycles. The summed E-state index contributed by atoms with van der Waals surface area (Å²) in [6, 6.07) is 1.01. The van der Waals surface area contributed by atoms with Crippen LogP contribution in [0.15, 0.2) is 10.7 Å². The molecule has 0 fully saturated rings. The van der Waals surface area contributed by atoms with Gasteiger partial charge in [0.05, 0.1) is 0 Å². The molecule has 66 valence electrons. The Morgan fingerprint density at radius 1 is 1.50 bits per heavy atom. The Balaban J connectivity index is 3.23. The zero-order valence-electron chi connectivity index (χ0n) is 5.49. The number of rotatable bonds is 1. The quantitative estimate of drug-likeness (QED) is 0.557. The van der Waals surface area contributed by atoms with Crippen molar-refractivity contribution in [1.29, 1.82) is 0 Å². The summed E-state index contributed by atoms with van der Waals surface area (Å²) < 4.78 is 37.4. The van der Waals surface area contributed by atoms with Crippen molar-refractivity contribution < 1.29 is 13.2 Å². The fourth-order valence-corrected chi connectivity index (χ4v) is 1.31. The molecule has 0 aliphatic heterocycles. The first-order valence-corrected chi connectivity index (χ1v) is 4.69. The molecule has 0 unspecified atom stereocenters. The van der Waals surface area contributed by atoms with E-state index in [1.54, 1.807) is 22.6 Å². The molecule has 0 atom stereocenters. The Bertz CT molecular complexity index is 305. The highest BCUT2D eigenvalue weighted by atomic mass is 127. The average molecular weight is 352 g/mol. The largest absolute Gasteiger partial charge is 0.283 e. The molecule has 0 amide bonds. The van der Waals surface area contributed by atoms with Crippen LogP contribution in [0.1, 0.15) is 12.1 Å². The lowest BCUT2D eigenvalue weighted by atomic mass is 10.3. The van der Waals surface area contributed by atoms with E-state index in [0.29, 0.717) is 3.57 Å².